The van der Waals surface area contributed by atoms with E-state index in [0.29, 0.717) is 10.6 Å². The summed E-state index contributed by atoms with van der Waals surface area (Å²) in [7, 11) is 1.32. The average Bonchev–Trinajstić information content (AvgIpc) is 2.27. The quantitative estimate of drug-likeness (QED) is 0.613. The maximum Gasteiger partial charge on any atom is 0.308 e. The van der Waals surface area contributed by atoms with Crippen molar-refractivity contribution < 1.29 is 14.3 Å². The number of ketones is 1. The minimum atomic E-state index is -0.428. The normalized spacial score (nSPS) is 12.0. The van der Waals surface area contributed by atoms with Crippen LogP contribution in [-0.2, 0) is 9.53 Å². The van der Waals surface area contributed by atoms with Gasteiger partial charge in [0, 0.05) is 17.0 Å². The van der Waals surface area contributed by atoms with E-state index in [2.05, 4.69) is 4.74 Å². The van der Waals surface area contributed by atoms with Crippen LogP contribution in [0.2, 0.25) is 5.02 Å². The van der Waals surface area contributed by atoms with Gasteiger partial charge in [0.15, 0.2) is 5.78 Å². The van der Waals surface area contributed by atoms with E-state index in [0.717, 1.165) is 5.56 Å². The highest BCUT2D eigenvalue weighted by Crippen LogP contribution is 2.18. The second-order valence-electron chi connectivity index (χ2n) is 4.01. The molecule has 0 heterocycles. The smallest absolute Gasteiger partial charge is 0.308 e. The number of ether oxygens (including phenoxy) is 1. The third-order valence-electron chi connectivity index (χ3n) is 2.58. The van der Waals surface area contributed by atoms with Gasteiger partial charge in [-0.25, -0.2) is 0 Å². The van der Waals surface area contributed by atoms with Crippen LogP contribution in [0.4, 0.5) is 0 Å². The Labute approximate surface area is 106 Å². The van der Waals surface area contributed by atoms with Crippen LogP contribution >= 0.6 is 11.6 Å². The molecule has 0 aliphatic heterocycles. The molecule has 1 aromatic carbocycles. The first kappa shape index (κ1) is 13.7. The summed E-state index contributed by atoms with van der Waals surface area (Å²) in [4.78, 5) is 23.2. The molecule has 0 aliphatic carbocycles. The Bertz CT molecular complexity index is 440. The van der Waals surface area contributed by atoms with E-state index in [1.54, 1.807) is 25.1 Å². The molecule has 0 aliphatic rings. The summed E-state index contributed by atoms with van der Waals surface area (Å²) >= 11 is 5.81. The van der Waals surface area contributed by atoms with Crippen LogP contribution in [0.5, 0.6) is 0 Å². The summed E-state index contributed by atoms with van der Waals surface area (Å²) in [5.41, 5.74) is 1.42. The summed E-state index contributed by atoms with van der Waals surface area (Å²) in [6.07, 6.45) is 0.148. The summed E-state index contributed by atoms with van der Waals surface area (Å²) in [6.45, 7) is 3.50. The van der Waals surface area contributed by atoms with Gasteiger partial charge < -0.3 is 4.74 Å². The molecule has 0 aromatic heterocycles. The maximum atomic E-state index is 12.0. The van der Waals surface area contributed by atoms with Crippen LogP contribution in [0.15, 0.2) is 18.2 Å². The molecule has 1 unspecified atom stereocenters. The molecule has 0 saturated heterocycles. The number of hydrogen-bond donors (Lipinski definition) is 0. The minimum absolute atomic E-state index is 0.0722. The molecule has 0 saturated carbocycles. The molecule has 1 rings (SSSR count). The lowest BCUT2D eigenvalue weighted by molar-refractivity contribution is -0.144. The van der Waals surface area contributed by atoms with E-state index in [1.165, 1.54) is 7.11 Å². The Kier molecular flexibility index (Phi) is 4.70. The Morgan fingerprint density at radius 2 is 2.06 bits per heavy atom. The zero-order valence-corrected chi connectivity index (χ0v) is 10.9. The topological polar surface area (TPSA) is 43.4 Å². The molecule has 0 amide bonds. The van der Waals surface area contributed by atoms with Gasteiger partial charge >= 0.3 is 5.97 Å². The predicted octanol–water partition coefficient (Wildman–Crippen LogP) is 3.03. The van der Waals surface area contributed by atoms with E-state index < -0.39 is 5.92 Å². The van der Waals surface area contributed by atoms with Crippen LogP contribution in [-0.4, -0.2) is 18.9 Å². The second kappa shape index (κ2) is 5.82. The Morgan fingerprint density at radius 1 is 1.41 bits per heavy atom. The molecule has 0 fully saturated rings. The monoisotopic (exact) mass is 254 g/mol. The SMILES string of the molecule is COC(=O)C(C)CC(=O)c1ccc(Cl)cc1C. The fourth-order valence-corrected chi connectivity index (χ4v) is 1.84. The fourth-order valence-electron chi connectivity index (χ4n) is 1.61. The zero-order chi connectivity index (χ0) is 13.0. The van der Waals surface area contributed by atoms with Crippen LogP contribution in [0.25, 0.3) is 0 Å². The first-order valence-electron chi connectivity index (χ1n) is 5.33. The van der Waals surface area contributed by atoms with Gasteiger partial charge in [0.05, 0.1) is 13.0 Å². The van der Waals surface area contributed by atoms with Gasteiger partial charge in [-0.05, 0) is 30.7 Å². The molecule has 0 N–H and O–H groups in total. The number of benzene rings is 1. The van der Waals surface area contributed by atoms with Crippen LogP contribution in [0, 0.1) is 12.8 Å². The highest BCUT2D eigenvalue weighted by molar-refractivity contribution is 6.30. The van der Waals surface area contributed by atoms with Crippen molar-refractivity contribution >= 4 is 23.4 Å². The standard InChI is InChI=1S/C13H15ClO3/c1-8-6-10(14)4-5-11(8)12(15)7-9(2)13(16)17-3/h4-6,9H,7H2,1-3H3. The van der Waals surface area contributed by atoms with E-state index in [4.69, 9.17) is 11.6 Å². The van der Waals surface area contributed by atoms with Gasteiger partial charge in [-0.15, -0.1) is 0 Å². The average molecular weight is 255 g/mol. The van der Waals surface area contributed by atoms with Crippen LogP contribution in [0.1, 0.15) is 29.3 Å². The number of aryl methyl sites for hydroxylation is 1. The van der Waals surface area contributed by atoms with Crippen molar-refractivity contribution in [1.82, 2.24) is 0 Å². The van der Waals surface area contributed by atoms with Gasteiger partial charge in [0.25, 0.3) is 0 Å². The Morgan fingerprint density at radius 3 is 2.59 bits per heavy atom. The van der Waals surface area contributed by atoms with Gasteiger partial charge in [-0.3, -0.25) is 9.59 Å². The molecule has 1 aromatic rings. The van der Waals surface area contributed by atoms with Gasteiger partial charge in [0.1, 0.15) is 0 Å². The third kappa shape index (κ3) is 3.56. The Hall–Kier alpha value is -1.35. The number of hydrogen-bond acceptors (Lipinski definition) is 3. The molecule has 4 heteroatoms. The molecule has 92 valence electrons. The van der Waals surface area contributed by atoms with E-state index in [9.17, 15) is 9.59 Å². The fraction of sp³-hybridized carbons (Fsp3) is 0.385. The minimum Gasteiger partial charge on any atom is -0.469 e. The van der Waals surface area contributed by atoms with Crippen molar-refractivity contribution in [1.29, 1.82) is 0 Å². The molecule has 17 heavy (non-hydrogen) atoms. The molecule has 3 nitrogen and oxygen atoms in total. The largest absolute Gasteiger partial charge is 0.469 e. The number of carbonyl (C=O) groups is 2. The number of rotatable bonds is 4. The molecule has 0 spiro atoms. The van der Waals surface area contributed by atoms with Crippen molar-refractivity contribution in [3.8, 4) is 0 Å². The van der Waals surface area contributed by atoms with Gasteiger partial charge in [-0.2, -0.15) is 0 Å². The molecular weight excluding hydrogens is 240 g/mol. The van der Waals surface area contributed by atoms with E-state index in [-0.39, 0.29) is 18.2 Å². The third-order valence-corrected chi connectivity index (χ3v) is 2.82. The van der Waals surface area contributed by atoms with Crippen molar-refractivity contribution in [3.05, 3.63) is 34.3 Å². The lowest BCUT2D eigenvalue weighted by atomic mass is 9.97. The summed E-state index contributed by atoms with van der Waals surface area (Å²) < 4.78 is 4.59. The van der Waals surface area contributed by atoms with Crippen molar-refractivity contribution in [2.75, 3.05) is 7.11 Å². The van der Waals surface area contributed by atoms with E-state index >= 15 is 0 Å². The molecule has 0 bridgehead atoms. The number of esters is 1. The molecule has 1 atom stereocenters. The van der Waals surface area contributed by atoms with E-state index in [1.807, 2.05) is 6.92 Å². The predicted molar refractivity (Wildman–Crippen MR) is 66.3 cm³/mol. The van der Waals surface area contributed by atoms with Gasteiger partial charge in [0.2, 0.25) is 0 Å². The van der Waals surface area contributed by atoms with Crippen molar-refractivity contribution in [3.63, 3.8) is 0 Å². The number of halogens is 1. The second-order valence-corrected chi connectivity index (χ2v) is 4.45. The lowest BCUT2D eigenvalue weighted by Gasteiger charge is -2.09. The summed E-state index contributed by atoms with van der Waals surface area (Å²) in [6, 6.07) is 5.09. The first-order chi connectivity index (χ1) is 7.95. The lowest BCUT2D eigenvalue weighted by Crippen LogP contribution is -2.17. The number of methoxy groups -OCH3 is 1. The van der Waals surface area contributed by atoms with Crippen LogP contribution < -0.4 is 0 Å². The highest BCUT2D eigenvalue weighted by atomic mass is 35.5. The highest BCUT2D eigenvalue weighted by Gasteiger charge is 2.19. The number of carbonyl (C=O) groups excluding carboxylic acids is 2. The maximum absolute atomic E-state index is 12.0. The Balaban J connectivity index is 2.80. The summed E-state index contributed by atoms with van der Waals surface area (Å²) in [5.74, 6) is -0.871. The first-order valence-corrected chi connectivity index (χ1v) is 5.70. The molecule has 0 radical (unpaired) electrons. The molecular formula is C13H15ClO3. The number of Topliss-reactive ketones (excluding diaryl/α,β-unsaturated/α-hetero) is 1. The summed E-state index contributed by atoms with van der Waals surface area (Å²) in [5, 5.41) is 0.597. The van der Waals surface area contributed by atoms with Crippen LogP contribution in [0.3, 0.4) is 0 Å². The van der Waals surface area contributed by atoms with Gasteiger partial charge in [-0.1, -0.05) is 18.5 Å². The zero-order valence-electron chi connectivity index (χ0n) is 10.1. The van der Waals surface area contributed by atoms with Crippen molar-refractivity contribution in [2.24, 2.45) is 5.92 Å². The van der Waals surface area contributed by atoms with Crippen molar-refractivity contribution in [2.45, 2.75) is 20.3 Å².